The van der Waals surface area contributed by atoms with E-state index in [4.69, 9.17) is 9.47 Å². The molecule has 0 spiro atoms. The van der Waals surface area contributed by atoms with E-state index in [-0.39, 0.29) is 28.6 Å². The molecule has 0 bridgehead atoms. The molecule has 158 valence electrons. The van der Waals surface area contributed by atoms with Gasteiger partial charge in [-0.2, -0.15) is 0 Å². The summed E-state index contributed by atoms with van der Waals surface area (Å²) in [5.74, 6) is 0.429. The van der Waals surface area contributed by atoms with Crippen LogP contribution in [0.25, 0.3) is 6.08 Å². The van der Waals surface area contributed by atoms with Crippen LogP contribution in [0.15, 0.2) is 58.3 Å². The van der Waals surface area contributed by atoms with E-state index < -0.39 is 21.2 Å². The zero-order valence-corrected chi connectivity index (χ0v) is 18.0. The van der Waals surface area contributed by atoms with Gasteiger partial charge in [-0.1, -0.05) is 24.3 Å². The van der Waals surface area contributed by atoms with Crippen molar-refractivity contribution in [2.45, 2.75) is 4.90 Å². The fourth-order valence-corrected chi connectivity index (χ4v) is 4.81. The van der Waals surface area contributed by atoms with E-state index in [0.29, 0.717) is 5.75 Å². The zero-order chi connectivity index (χ0) is 21.7. The predicted molar refractivity (Wildman–Crippen MR) is 114 cm³/mol. The lowest BCUT2D eigenvalue weighted by atomic mass is 10.2. The number of hydrogen-bond acceptors (Lipinski definition) is 7. The molecule has 0 aliphatic carbocycles. The van der Waals surface area contributed by atoms with E-state index in [9.17, 15) is 18.0 Å². The summed E-state index contributed by atoms with van der Waals surface area (Å²) in [7, 11) is -0.919. The van der Waals surface area contributed by atoms with Gasteiger partial charge in [-0.25, -0.2) is 13.1 Å². The fourth-order valence-electron chi connectivity index (χ4n) is 2.75. The number of thioether (sulfide) groups is 1. The van der Waals surface area contributed by atoms with Gasteiger partial charge in [-0.05, 0) is 47.7 Å². The molecule has 1 saturated heterocycles. The second kappa shape index (κ2) is 9.33. The van der Waals surface area contributed by atoms with Crippen LogP contribution in [0.5, 0.6) is 11.5 Å². The first-order chi connectivity index (χ1) is 14.4. The molecule has 30 heavy (non-hydrogen) atoms. The highest BCUT2D eigenvalue weighted by Gasteiger charge is 2.35. The number of nitrogens with zero attached hydrogens (tertiary/aromatic N) is 1. The Labute approximate surface area is 178 Å². The molecular formula is C20H20N2O6S2. The lowest BCUT2D eigenvalue weighted by Crippen LogP contribution is -2.37. The standard InChI is InChI=1S/C20H20N2O6S2/c1-27-15-9-7-14(8-10-15)13-17-19(23)22(20(24)29-17)12-11-21-30(25,26)18-6-4-3-5-16(18)28-2/h3-10,13,21H,11-12H2,1-2H3/b17-13-. The van der Waals surface area contributed by atoms with Gasteiger partial charge in [0.15, 0.2) is 0 Å². The molecule has 0 aromatic heterocycles. The van der Waals surface area contributed by atoms with Gasteiger partial charge in [0, 0.05) is 13.1 Å². The first-order valence-corrected chi connectivity index (χ1v) is 11.2. The topological polar surface area (TPSA) is 102 Å². The molecule has 2 aromatic rings. The maximum absolute atomic E-state index is 12.6. The number of amides is 2. The third-order valence-electron chi connectivity index (χ3n) is 4.27. The Morgan fingerprint density at radius 1 is 1.03 bits per heavy atom. The SMILES string of the molecule is COc1ccc(/C=C2\SC(=O)N(CCNS(=O)(=O)c3ccccc3OC)C2=O)cc1. The van der Waals surface area contributed by atoms with Crippen LogP contribution in [0.2, 0.25) is 0 Å². The van der Waals surface area contributed by atoms with Crippen LogP contribution in [0, 0.1) is 0 Å². The number of sulfonamides is 1. The highest BCUT2D eigenvalue weighted by Crippen LogP contribution is 2.32. The fraction of sp³-hybridized carbons (Fsp3) is 0.200. The summed E-state index contributed by atoms with van der Waals surface area (Å²) in [5, 5.41) is -0.448. The van der Waals surface area contributed by atoms with Crippen LogP contribution in [0.3, 0.4) is 0 Å². The summed E-state index contributed by atoms with van der Waals surface area (Å²) in [6.45, 7) is -0.201. The number of benzene rings is 2. The number of para-hydroxylation sites is 1. The van der Waals surface area contributed by atoms with E-state index in [0.717, 1.165) is 22.2 Å². The number of nitrogens with one attached hydrogen (secondary N) is 1. The lowest BCUT2D eigenvalue weighted by Gasteiger charge is -2.14. The third kappa shape index (κ3) is 4.84. The van der Waals surface area contributed by atoms with Gasteiger partial charge < -0.3 is 9.47 Å². The Morgan fingerprint density at radius 3 is 2.40 bits per heavy atom. The molecule has 8 nitrogen and oxygen atoms in total. The maximum atomic E-state index is 12.6. The number of rotatable bonds is 8. The summed E-state index contributed by atoms with van der Waals surface area (Å²) in [6.07, 6.45) is 1.61. The molecule has 10 heteroatoms. The van der Waals surface area contributed by atoms with Crippen molar-refractivity contribution in [2.24, 2.45) is 0 Å². The highest BCUT2D eigenvalue weighted by molar-refractivity contribution is 8.18. The van der Waals surface area contributed by atoms with Crippen molar-refractivity contribution >= 4 is 39.0 Å². The Hall–Kier alpha value is -2.82. The van der Waals surface area contributed by atoms with Gasteiger partial charge in [-0.3, -0.25) is 14.5 Å². The monoisotopic (exact) mass is 448 g/mol. The Morgan fingerprint density at radius 2 is 1.73 bits per heavy atom. The molecule has 0 saturated carbocycles. The van der Waals surface area contributed by atoms with Gasteiger partial charge in [0.05, 0.1) is 19.1 Å². The number of carbonyl (C=O) groups excluding carboxylic acids is 2. The number of hydrogen-bond donors (Lipinski definition) is 1. The number of imide groups is 1. The molecule has 2 amide bonds. The Kier molecular flexibility index (Phi) is 6.80. The van der Waals surface area contributed by atoms with E-state index in [1.807, 2.05) is 0 Å². The molecule has 1 aliphatic heterocycles. The predicted octanol–water partition coefficient (Wildman–Crippen LogP) is 2.72. The minimum absolute atomic E-state index is 0.0129. The third-order valence-corrected chi connectivity index (χ3v) is 6.68. The van der Waals surface area contributed by atoms with Crippen LogP contribution in [0.1, 0.15) is 5.56 Å². The van der Waals surface area contributed by atoms with Crippen LogP contribution in [-0.4, -0.2) is 51.8 Å². The quantitative estimate of drug-likeness (QED) is 0.620. The van der Waals surface area contributed by atoms with Crippen molar-refractivity contribution < 1.29 is 27.5 Å². The molecule has 0 unspecified atom stereocenters. The smallest absolute Gasteiger partial charge is 0.293 e. The molecule has 2 aromatic carbocycles. The summed E-state index contributed by atoms with van der Waals surface area (Å²) in [5.41, 5.74) is 0.748. The number of carbonyl (C=O) groups is 2. The average molecular weight is 449 g/mol. The molecule has 1 N–H and O–H groups in total. The van der Waals surface area contributed by atoms with Crippen LogP contribution in [-0.2, 0) is 14.8 Å². The Balaban J connectivity index is 1.65. The zero-order valence-electron chi connectivity index (χ0n) is 16.3. The van der Waals surface area contributed by atoms with E-state index >= 15 is 0 Å². The molecule has 1 fully saturated rings. The largest absolute Gasteiger partial charge is 0.497 e. The number of methoxy groups -OCH3 is 2. The van der Waals surface area contributed by atoms with Gasteiger partial charge in [0.1, 0.15) is 16.4 Å². The van der Waals surface area contributed by atoms with Crippen molar-refractivity contribution in [3.05, 3.63) is 59.0 Å². The number of ether oxygens (including phenoxy) is 2. The van der Waals surface area contributed by atoms with Crippen molar-refractivity contribution in [1.82, 2.24) is 9.62 Å². The van der Waals surface area contributed by atoms with Crippen molar-refractivity contribution in [2.75, 3.05) is 27.3 Å². The summed E-state index contributed by atoms with van der Waals surface area (Å²) >= 11 is 0.817. The van der Waals surface area contributed by atoms with E-state index in [1.165, 1.54) is 19.2 Å². The summed E-state index contributed by atoms with van der Waals surface area (Å²) < 4.78 is 37.6. The molecule has 1 aliphatic rings. The van der Waals surface area contributed by atoms with Crippen LogP contribution < -0.4 is 14.2 Å². The minimum atomic E-state index is -3.86. The highest BCUT2D eigenvalue weighted by atomic mass is 32.2. The second-order valence-electron chi connectivity index (χ2n) is 6.16. The van der Waals surface area contributed by atoms with Crippen molar-refractivity contribution in [1.29, 1.82) is 0 Å². The van der Waals surface area contributed by atoms with Gasteiger partial charge in [-0.15, -0.1) is 0 Å². The second-order valence-corrected chi connectivity index (χ2v) is 8.88. The first kappa shape index (κ1) is 21.9. The van der Waals surface area contributed by atoms with Gasteiger partial charge >= 0.3 is 0 Å². The average Bonchev–Trinajstić information content (AvgIpc) is 3.01. The molecule has 0 atom stereocenters. The normalized spacial score (nSPS) is 15.7. The van der Waals surface area contributed by atoms with Gasteiger partial charge in [0.2, 0.25) is 10.0 Å². The van der Waals surface area contributed by atoms with Gasteiger partial charge in [0.25, 0.3) is 11.1 Å². The molecular weight excluding hydrogens is 428 g/mol. The van der Waals surface area contributed by atoms with Crippen LogP contribution in [0.4, 0.5) is 4.79 Å². The minimum Gasteiger partial charge on any atom is -0.497 e. The summed E-state index contributed by atoms with van der Waals surface area (Å²) in [6, 6.07) is 13.2. The van der Waals surface area contributed by atoms with E-state index in [2.05, 4.69) is 4.72 Å². The lowest BCUT2D eigenvalue weighted by molar-refractivity contribution is -0.122. The van der Waals surface area contributed by atoms with Crippen LogP contribution >= 0.6 is 11.8 Å². The molecule has 3 rings (SSSR count). The van der Waals surface area contributed by atoms with E-state index in [1.54, 1.807) is 49.6 Å². The Bertz CT molecular complexity index is 1080. The summed E-state index contributed by atoms with van der Waals surface area (Å²) in [4.78, 5) is 26.1. The maximum Gasteiger partial charge on any atom is 0.293 e. The van der Waals surface area contributed by atoms with Crippen molar-refractivity contribution in [3.63, 3.8) is 0 Å². The van der Waals surface area contributed by atoms with Crippen molar-refractivity contribution in [3.8, 4) is 11.5 Å². The molecule has 1 heterocycles. The molecule has 0 radical (unpaired) electrons. The first-order valence-electron chi connectivity index (χ1n) is 8.88.